The fraction of sp³-hybridized carbons (Fsp3) is 0.476. The molecule has 2 aromatic rings. The average molecular weight is 871 g/mol. The van der Waals surface area contributed by atoms with Crippen LogP contribution < -0.4 is 9.47 Å². The molecule has 0 amide bonds. The van der Waals surface area contributed by atoms with E-state index in [9.17, 15) is 38.4 Å². The van der Waals surface area contributed by atoms with Gasteiger partial charge in [0.1, 0.15) is 36.9 Å². The molecule has 2 heterocycles. The van der Waals surface area contributed by atoms with Gasteiger partial charge in [-0.3, -0.25) is 38.4 Å². The summed E-state index contributed by atoms with van der Waals surface area (Å²) < 4.78 is 66.8. The summed E-state index contributed by atoms with van der Waals surface area (Å²) in [4.78, 5) is 95.9. The zero-order valence-corrected chi connectivity index (χ0v) is 35.0. The Balaban J connectivity index is 1.53. The topological polar surface area (TPSA) is 247 Å². The molecule has 20 nitrogen and oxygen atoms in total. The van der Waals surface area contributed by atoms with Crippen LogP contribution in [0.2, 0.25) is 0 Å². The van der Waals surface area contributed by atoms with E-state index in [4.69, 9.17) is 56.8 Å². The van der Waals surface area contributed by atoms with E-state index in [0.717, 1.165) is 55.4 Å². The molecular formula is C42H46O20. The minimum absolute atomic E-state index is 0.208. The first-order valence-electron chi connectivity index (χ1n) is 19.0. The molecule has 10 atom stereocenters. The smallest absolute Gasteiger partial charge is 0.303 e. The van der Waals surface area contributed by atoms with Crippen LogP contribution in [0.4, 0.5) is 0 Å². The molecule has 2 aliphatic rings. The van der Waals surface area contributed by atoms with Gasteiger partial charge in [-0.25, -0.2) is 0 Å². The fourth-order valence-corrected chi connectivity index (χ4v) is 6.21. The summed E-state index contributed by atoms with van der Waals surface area (Å²) in [6, 6.07) is 12.7. The van der Waals surface area contributed by atoms with E-state index in [1.54, 1.807) is 48.5 Å². The summed E-state index contributed by atoms with van der Waals surface area (Å²) in [7, 11) is 0. The van der Waals surface area contributed by atoms with Crippen molar-refractivity contribution in [3.05, 3.63) is 59.7 Å². The second-order valence-electron chi connectivity index (χ2n) is 13.7. The lowest BCUT2D eigenvalue weighted by molar-refractivity contribution is -0.288. The summed E-state index contributed by atoms with van der Waals surface area (Å²) in [5, 5.41) is 0. The van der Waals surface area contributed by atoms with E-state index in [1.807, 2.05) is 0 Å². The molecule has 62 heavy (non-hydrogen) atoms. The summed E-state index contributed by atoms with van der Waals surface area (Å²) in [6.45, 7) is 8.15. The molecule has 2 saturated heterocycles. The first-order chi connectivity index (χ1) is 29.3. The predicted octanol–water partition coefficient (Wildman–Crippen LogP) is 2.01. The standard InChI is InChI=1S/C42H46O20/c1-21(43)51-19-33-35(53-23(3)45)37(55-25(5)47)39(57-27(7)49)41(61-33)59-31-15-11-29(12-16-31)9-10-30-13-17-32(18-14-30)60-42-40(58-28(8)50)38(56-26(6)48)36(54-24(4)46)34(62-42)20-52-22(2)44/h11-18,33-42H,19-20H2,1-8H3/t33-,34-,35-,36-,37+,38+,39-,40-,41+,42+/m1/s1. The molecule has 2 aromatic carbocycles. The third kappa shape index (κ3) is 14.5. The van der Waals surface area contributed by atoms with Gasteiger partial charge < -0.3 is 56.8 Å². The maximum atomic E-state index is 12.2. The Labute approximate surface area is 355 Å². The molecule has 0 aromatic heterocycles. The highest BCUT2D eigenvalue weighted by atomic mass is 16.7. The van der Waals surface area contributed by atoms with Crippen molar-refractivity contribution >= 4 is 47.8 Å². The number of hydrogen-bond donors (Lipinski definition) is 0. The Morgan fingerprint density at radius 2 is 0.677 bits per heavy atom. The number of carbonyl (C=O) groups is 8. The van der Waals surface area contributed by atoms with Crippen molar-refractivity contribution in [3.8, 4) is 23.3 Å². The van der Waals surface area contributed by atoms with Crippen LogP contribution in [-0.2, 0) is 85.7 Å². The second kappa shape index (κ2) is 22.2. The Morgan fingerprint density at radius 1 is 0.403 bits per heavy atom. The van der Waals surface area contributed by atoms with E-state index >= 15 is 0 Å². The van der Waals surface area contributed by atoms with Crippen LogP contribution in [-0.4, -0.2) is 122 Å². The third-order valence-corrected chi connectivity index (χ3v) is 8.46. The minimum Gasteiger partial charge on any atom is -0.463 e. The van der Waals surface area contributed by atoms with Crippen molar-refractivity contribution in [2.75, 3.05) is 13.2 Å². The average Bonchev–Trinajstić information content (AvgIpc) is 3.17. The highest BCUT2D eigenvalue weighted by Crippen LogP contribution is 2.33. The number of benzene rings is 2. The Kier molecular flexibility index (Phi) is 17.2. The van der Waals surface area contributed by atoms with Gasteiger partial charge in [0, 0.05) is 66.5 Å². The summed E-state index contributed by atoms with van der Waals surface area (Å²) in [5.41, 5.74) is 1.08. The molecule has 0 spiro atoms. The Bertz CT molecular complexity index is 1880. The van der Waals surface area contributed by atoms with Gasteiger partial charge in [0.05, 0.1) is 0 Å². The maximum Gasteiger partial charge on any atom is 0.303 e. The number of ether oxygens (including phenoxy) is 12. The summed E-state index contributed by atoms with van der Waals surface area (Å²) >= 11 is 0. The quantitative estimate of drug-likeness (QED) is 0.150. The van der Waals surface area contributed by atoms with Crippen molar-refractivity contribution in [2.24, 2.45) is 0 Å². The molecule has 0 unspecified atom stereocenters. The van der Waals surface area contributed by atoms with Crippen molar-refractivity contribution in [2.45, 2.75) is 117 Å². The van der Waals surface area contributed by atoms with Crippen molar-refractivity contribution in [1.29, 1.82) is 0 Å². The van der Waals surface area contributed by atoms with Crippen LogP contribution in [0.25, 0.3) is 0 Å². The van der Waals surface area contributed by atoms with E-state index < -0.39 is 122 Å². The summed E-state index contributed by atoms with van der Waals surface area (Å²) in [6.07, 6.45) is -13.6. The van der Waals surface area contributed by atoms with Crippen LogP contribution in [0.5, 0.6) is 11.5 Å². The van der Waals surface area contributed by atoms with E-state index in [2.05, 4.69) is 11.8 Å². The largest absolute Gasteiger partial charge is 0.463 e. The zero-order chi connectivity index (χ0) is 45.7. The first-order valence-corrected chi connectivity index (χ1v) is 19.0. The van der Waals surface area contributed by atoms with Crippen LogP contribution in [0.3, 0.4) is 0 Å². The van der Waals surface area contributed by atoms with Gasteiger partial charge >= 0.3 is 47.8 Å². The van der Waals surface area contributed by atoms with Gasteiger partial charge in [0.15, 0.2) is 24.4 Å². The number of esters is 8. The highest BCUT2D eigenvalue weighted by Gasteiger charge is 2.54. The monoisotopic (exact) mass is 870 g/mol. The SMILES string of the molecule is CC(=O)OC[C@H]1O[C@H](Oc2ccc(C#Cc3ccc(O[C@H]4O[C@H](COC(C)=O)[C@@H](OC(C)=O)[C@H](OC(C)=O)[C@H]4OC(C)=O)cc3)cc2)[C@H](OC(C)=O)[C@@H](OC(C)=O)[C@@H]1OC(C)=O. The normalized spacial score (nSPS) is 25.2. The van der Waals surface area contributed by atoms with Gasteiger partial charge in [-0.05, 0) is 48.5 Å². The molecule has 0 N–H and O–H groups in total. The lowest BCUT2D eigenvalue weighted by Gasteiger charge is -2.43. The zero-order valence-electron chi connectivity index (χ0n) is 35.0. The van der Waals surface area contributed by atoms with Gasteiger partial charge in [0.2, 0.25) is 24.8 Å². The van der Waals surface area contributed by atoms with Crippen LogP contribution >= 0.6 is 0 Å². The van der Waals surface area contributed by atoms with Crippen LogP contribution in [0.1, 0.15) is 66.5 Å². The number of rotatable bonds is 14. The van der Waals surface area contributed by atoms with Gasteiger partial charge in [-0.15, -0.1) is 0 Å². The first kappa shape index (κ1) is 48.0. The third-order valence-electron chi connectivity index (χ3n) is 8.46. The number of hydrogen-bond acceptors (Lipinski definition) is 20. The minimum atomic E-state index is -1.43. The van der Waals surface area contributed by atoms with Gasteiger partial charge in [-0.2, -0.15) is 0 Å². The van der Waals surface area contributed by atoms with E-state index in [0.29, 0.717) is 11.1 Å². The molecule has 2 fully saturated rings. The van der Waals surface area contributed by atoms with Crippen molar-refractivity contribution in [1.82, 2.24) is 0 Å². The number of carbonyl (C=O) groups excluding carboxylic acids is 8. The molecule has 334 valence electrons. The van der Waals surface area contributed by atoms with Crippen molar-refractivity contribution in [3.63, 3.8) is 0 Å². The van der Waals surface area contributed by atoms with Gasteiger partial charge in [-0.1, -0.05) is 11.8 Å². The molecule has 0 bridgehead atoms. The molecule has 4 rings (SSSR count). The van der Waals surface area contributed by atoms with E-state index in [-0.39, 0.29) is 11.5 Å². The molecule has 0 saturated carbocycles. The Morgan fingerprint density at radius 3 is 0.952 bits per heavy atom. The van der Waals surface area contributed by atoms with Crippen molar-refractivity contribution < 1.29 is 95.2 Å². The molecular weight excluding hydrogens is 824 g/mol. The Hall–Kier alpha value is -6.72. The predicted molar refractivity (Wildman–Crippen MR) is 204 cm³/mol. The highest BCUT2D eigenvalue weighted by molar-refractivity contribution is 5.70. The van der Waals surface area contributed by atoms with Gasteiger partial charge in [0.25, 0.3) is 0 Å². The summed E-state index contributed by atoms with van der Waals surface area (Å²) in [5.74, 6) is 0.412. The van der Waals surface area contributed by atoms with E-state index in [1.165, 1.54) is 0 Å². The molecule has 0 aliphatic carbocycles. The lowest BCUT2D eigenvalue weighted by atomic mass is 9.98. The van der Waals surface area contributed by atoms with Crippen LogP contribution in [0, 0.1) is 11.8 Å². The fourth-order valence-electron chi connectivity index (χ4n) is 6.21. The molecule has 20 heteroatoms. The maximum absolute atomic E-state index is 12.2. The molecule has 0 radical (unpaired) electrons. The second-order valence-corrected chi connectivity index (χ2v) is 13.7. The lowest BCUT2D eigenvalue weighted by Crippen LogP contribution is -2.63. The van der Waals surface area contributed by atoms with Crippen LogP contribution in [0.15, 0.2) is 48.5 Å². The molecule has 2 aliphatic heterocycles.